The number of nitrogens with zero attached hydrogens (tertiary/aromatic N) is 2. The third kappa shape index (κ3) is 9.16. The molecule has 2 aromatic rings. The zero-order valence-electron chi connectivity index (χ0n) is 36.0. The molecule has 0 bridgehead atoms. The predicted molar refractivity (Wildman–Crippen MR) is 239 cm³/mol. The maximum atomic E-state index is 14.6. The zero-order chi connectivity index (χ0) is 48.0. The number of rotatable bonds is 16. The van der Waals surface area contributed by atoms with Crippen molar-refractivity contribution in [3.63, 3.8) is 0 Å². The van der Waals surface area contributed by atoms with E-state index in [4.69, 9.17) is 0 Å². The number of fused-ring (bicyclic) bond motifs is 1. The van der Waals surface area contributed by atoms with Crippen molar-refractivity contribution in [2.24, 2.45) is 23.7 Å². The second kappa shape index (κ2) is 19.2. The molecule has 7 rings (SSSR count). The van der Waals surface area contributed by atoms with Gasteiger partial charge in [-0.05, 0) is 63.1 Å². The summed E-state index contributed by atoms with van der Waals surface area (Å²) < 4.78 is 0. The van der Waals surface area contributed by atoms with E-state index in [0.717, 1.165) is 16.7 Å². The number of thioether (sulfide) groups is 2. The van der Waals surface area contributed by atoms with E-state index in [1.54, 1.807) is 6.92 Å². The quantitative estimate of drug-likeness (QED) is 0.107. The van der Waals surface area contributed by atoms with Gasteiger partial charge >= 0.3 is 23.9 Å². The lowest BCUT2D eigenvalue weighted by molar-refractivity contribution is -0.163. The number of aliphatic hydroxyl groups is 2. The molecule has 3 saturated heterocycles. The average Bonchev–Trinajstić information content (AvgIpc) is 4.03. The van der Waals surface area contributed by atoms with Gasteiger partial charge in [-0.3, -0.25) is 28.9 Å². The predicted octanol–water partition coefficient (Wildman–Crippen LogP) is 1.88. The molecule has 5 aliphatic rings. The van der Waals surface area contributed by atoms with Gasteiger partial charge in [-0.15, -0.1) is 23.5 Å². The van der Waals surface area contributed by atoms with Gasteiger partial charge in [-0.2, -0.15) is 0 Å². The van der Waals surface area contributed by atoms with Crippen LogP contribution in [0.1, 0.15) is 61.3 Å². The van der Waals surface area contributed by atoms with E-state index in [1.165, 1.54) is 79.0 Å². The summed E-state index contributed by atoms with van der Waals surface area (Å²) in [7, 11) is 0. The Kier molecular flexibility index (Phi) is 14.0. The lowest BCUT2D eigenvalue weighted by atomic mass is 9.79. The molecule has 0 aliphatic carbocycles. The van der Waals surface area contributed by atoms with Gasteiger partial charge in [-0.25, -0.2) is 14.4 Å². The number of β-lactam (4-membered cyclic amide) rings is 1. The van der Waals surface area contributed by atoms with Crippen LogP contribution in [0.25, 0.3) is 0 Å². The SMILES string of the molecule is C[C@H]1C(S[C@@H]2CN[C@H](C(=O)Nc3cccc(C(=O)O)c3)C2)=C(C(=O)O)N(C(=O)c2cccc(NC(=O)[C@@H]3C[C@H](SC4=C(C(=O)O)N5C(=O)[C@H]([C@@H](C)O)C5[C@H]4C)CN3)c2)C1[C@H](C(=O)O)[C@@H](C)O. The van der Waals surface area contributed by atoms with Crippen LogP contribution in [-0.2, 0) is 28.8 Å². The molecular weight excluding hydrogens is 901 g/mol. The molecule has 0 radical (unpaired) electrons. The highest BCUT2D eigenvalue weighted by Gasteiger charge is 2.60. The van der Waals surface area contributed by atoms with E-state index in [-0.39, 0.29) is 63.7 Å². The second-order valence-electron chi connectivity index (χ2n) is 17.2. The Hall–Kier alpha value is -5.78. The minimum Gasteiger partial charge on any atom is -0.481 e. The normalized spacial score (nSPS) is 28.4. The summed E-state index contributed by atoms with van der Waals surface area (Å²) in [6.45, 7) is 6.66. The highest BCUT2D eigenvalue weighted by atomic mass is 32.2. The molecule has 0 saturated carbocycles. The van der Waals surface area contributed by atoms with E-state index >= 15 is 0 Å². The molecule has 3 fully saturated rings. The van der Waals surface area contributed by atoms with E-state index in [0.29, 0.717) is 11.4 Å². The van der Waals surface area contributed by atoms with E-state index < -0.39 is 113 Å². The third-order valence-corrected chi connectivity index (χ3v) is 15.8. The zero-order valence-corrected chi connectivity index (χ0v) is 37.7. The van der Waals surface area contributed by atoms with Gasteiger partial charge in [0.15, 0.2) is 0 Å². The number of aliphatic hydroxyl groups excluding tert-OH is 2. The number of carboxylic acid groups (broad SMARTS) is 4. The Morgan fingerprint density at radius 1 is 0.712 bits per heavy atom. The lowest BCUT2D eigenvalue weighted by Crippen LogP contribution is -2.63. The Labute approximate surface area is 386 Å². The summed E-state index contributed by atoms with van der Waals surface area (Å²) in [4.78, 5) is 107. The fourth-order valence-corrected chi connectivity index (χ4v) is 12.6. The Morgan fingerprint density at radius 2 is 1.21 bits per heavy atom. The summed E-state index contributed by atoms with van der Waals surface area (Å²) in [5.41, 5.74) is -0.305. The maximum absolute atomic E-state index is 14.6. The number of carboxylic acids is 4. The number of hydrogen-bond acceptors (Lipinski definition) is 14. The summed E-state index contributed by atoms with van der Waals surface area (Å²) in [6, 6.07) is 8.01. The molecule has 2 unspecified atom stereocenters. The number of hydrogen-bond donors (Lipinski definition) is 10. The summed E-state index contributed by atoms with van der Waals surface area (Å²) in [6.07, 6.45) is -2.02. The van der Waals surface area contributed by atoms with Crippen LogP contribution in [0.3, 0.4) is 0 Å². The Morgan fingerprint density at radius 3 is 1.68 bits per heavy atom. The molecule has 5 aliphatic heterocycles. The standard InChI is InChI=1S/C44H50N6O14S2/c1-17-31-29(19(3)51)40(56)50(31)34(44(63)64)35(17)65-25-13-27(45-15-25)37(53)47-23-9-5-7-21(11-23)39(55)49-32(30(20(4)52)42(59)60)18(2)36(33(49)43(61)62)66-26-14-28(46-16-26)38(54)48-24-10-6-8-22(12-24)41(57)58/h5-12,17-20,25-32,45-46,51-52H,13-16H2,1-4H3,(H,47,53)(H,48,54)(H,57,58)(H,59,60)(H,61,62)(H,63,64)/t17-,18-,19-,20-,25+,26+,27+,28+,29-,30-,31?,32?/m1/s1. The molecule has 66 heavy (non-hydrogen) atoms. The number of nitrogens with one attached hydrogen (secondary N) is 4. The van der Waals surface area contributed by atoms with Crippen molar-refractivity contribution in [2.45, 2.75) is 87.4 Å². The van der Waals surface area contributed by atoms with Crippen LogP contribution >= 0.6 is 23.5 Å². The van der Waals surface area contributed by atoms with Crippen LogP contribution in [0.4, 0.5) is 11.4 Å². The van der Waals surface area contributed by atoms with Crippen molar-refractivity contribution in [3.05, 3.63) is 80.9 Å². The van der Waals surface area contributed by atoms with Crippen molar-refractivity contribution >= 4 is 82.4 Å². The molecule has 20 nitrogen and oxygen atoms in total. The monoisotopic (exact) mass is 950 g/mol. The number of amides is 4. The van der Waals surface area contributed by atoms with Gasteiger partial charge in [0, 0.05) is 62.2 Å². The number of aromatic carboxylic acids is 1. The number of carbonyl (C=O) groups excluding carboxylic acids is 4. The smallest absolute Gasteiger partial charge is 0.353 e. The van der Waals surface area contributed by atoms with Crippen molar-refractivity contribution < 1.29 is 69.0 Å². The minimum absolute atomic E-state index is 0.0244. The van der Waals surface area contributed by atoms with Crippen molar-refractivity contribution in [1.29, 1.82) is 0 Å². The van der Waals surface area contributed by atoms with E-state index in [2.05, 4.69) is 21.3 Å². The van der Waals surface area contributed by atoms with Gasteiger partial charge in [0.05, 0.1) is 47.9 Å². The van der Waals surface area contributed by atoms with Crippen LogP contribution in [-0.4, -0.2) is 148 Å². The number of benzene rings is 2. The first-order valence-corrected chi connectivity index (χ1v) is 23.0. The molecule has 12 atom stereocenters. The third-order valence-electron chi connectivity index (χ3n) is 12.8. The first-order chi connectivity index (χ1) is 31.2. The van der Waals surface area contributed by atoms with Crippen molar-refractivity contribution in [3.8, 4) is 0 Å². The Balaban J connectivity index is 1.07. The molecule has 0 spiro atoms. The number of anilines is 2. The van der Waals surface area contributed by atoms with Gasteiger partial charge < -0.3 is 56.8 Å². The van der Waals surface area contributed by atoms with Crippen molar-refractivity contribution in [2.75, 3.05) is 23.7 Å². The minimum atomic E-state index is -1.64. The molecule has 4 amide bonds. The fraction of sp³-hybridized carbons (Fsp3) is 0.455. The van der Waals surface area contributed by atoms with Crippen molar-refractivity contribution in [1.82, 2.24) is 20.4 Å². The first-order valence-electron chi connectivity index (χ1n) is 21.3. The van der Waals surface area contributed by atoms with E-state index in [9.17, 15) is 69.0 Å². The summed E-state index contributed by atoms with van der Waals surface area (Å²) >= 11 is 2.35. The van der Waals surface area contributed by atoms with E-state index in [1.807, 2.05) is 6.92 Å². The first kappa shape index (κ1) is 48.2. The number of aliphatic carboxylic acids is 3. The largest absolute Gasteiger partial charge is 0.481 e. The lowest BCUT2D eigenvalue weighted by Gasteiger charge is -2.46. The maximum Gasteiger partial charge on any atom is 0.353 e. The highest BCUT2D eigenvalue weighted by Crippen LogP contribution is 2.52. The van der Waals surface area contributed by atoms with Crippen LogP contribution in [0.2, 0.25) is 0 Å². The molecular formula is C44H50N6O14S2. The molecule has 0 aromatic heterocycles. The van der Waals surface area contributed by atoms with Crippen LogP contribution < -0.4 is 21.3 Å². The van der Waals surface area contributed by atoms with Crippen LogP contribution in [0, 0.1) is 23.7 Å². The topological polar surface area (TPSA) is 313 Å². The Bertz CT molecular complexity index is 2440. The van der Waals surface area contributed by atoms with Crippen LogP contribution in [0.15, 0.2) is 69.7 Å². The van der Waals surface area contributed by atoms with Gasteiger partial charge in [0.1, 0.15) is 17.3 Å². The second-order valence-corrected chi connectivity index (χ2v) is 19.9. The molecule has 5 heterocycles. The van der Waals surface area contributed by atoms with Gasteiger partial charge in [-0.1, -0.05) is 26.0 Å². The fourth-order valence-electron chi connectivity index (χ4n) is 9.66. The average molecular weight is 951 g/mol. The molecule has 352 valence electrons. The summed E-state index contributed by atoms with van der Waals surface area (Å²) in [5.74, 6) is -11.4. The molecule has 10 N–H and O–H groups in total. The summed E-state index contributed by atoms with van der Waals surface area (Å²) in [5, 5.41) is 72.4. The molecule has 2 aromatic carbocycles. The number of carbonyl (C=O) groups is 8. The highest BCUT2D eigenvalue weighted by molar-refractivity contribution is 8.04. The van der Waals surface area contributed by atoms with Gasteiger partial charge in [0.25, 0.3) is 5.91 Å². The molecule has 22 heteroatoms. The van der Waals surface area contributed by atoms with Gasteiger partial charge in [0.2, 0.25) is 17.7 Å². The van der Waals surface area contributed by atoms with Crippen LogP contribution in [0.5, 0.6) is 0 Å².